The highest BCUT2D eigenvalue weighted by atomic mass is 16.2. The molecule has 10 heteroatoms. The van der Waals surface area contributed by atoms with Gasteiger partial charge in [0, 0.05) is 36.1 Å². The van der Waals surface area contributed by atoms with Crippen molar-refractivity contribution in [1.82, 2.24) is 34.6 Å². The molecule has 3 heterocycles. The van der Waals surface area contributed by atoms with E-state index < -0.39 is 0 Å². The van der Waals surface area contributed by atoms with Crippen molar-refractivity contribution >= 4 is 11.7 Å². The zero-order chi connectivity index (χ0) is 21.8. The van der Waals surface area contributed by atoms with E-state index in [1.54, 1.807) is 18.5 Å². The second kappa shape index (κ2) is 8.85. The average Bonchev–Trinajstić information content (AvgIpc) is 3.03. The van der Waals surface area contributed by atoms with Crippen LogP contribution < -0.4 is 16.2 Å². The van der Waals surface area contributed by atoms with Crippen LogP contribution in [0.3, 0.4) is 0 Å². The Balaban J connectivity index is 1.56. The van der Waals surface area contributed by atoms with E-state index >= 15 is 0 Å². The second-order valence-corrected chi connectivity index (χ2v) is 7.16. The van der Waals surface area contributed by atoms with E-state index in [4.69, 9.17) is 0 Å². The quantitative estimate of drug-likeness (QED) is 0.557. The molecule has 3 aromatic rings. The molecule has 0 saturated carbocycles. The van der Waals surface area contributed by atoms with Crippen LogP contribution in [0, 0.1) is 34.6 Å². The van der Waals surface area contributed by atoms with Gasteiger partial charge in [0.1, 0.15) is 18.2 Å². The molecular formula is C20H26N8O2. The number of aryl methyl sites for hydroxylation is 4. The molecule has 0 aliphatic heterocycles. The van der Waals surface area contributed by atoms with Crippen LogP contribution in [-0.2, 0) is 11.3 Å². The fourth-order valence-electron chi connectivity index (χ4n) is 3.00. The van der Waals surface area contributed by atoms with Gasteiger partial charge in [-0.05, 0) is 40.7 Å². The largest absolute Gasteiger partial charge is 0.368 e. The molecule has 0 unspecified atom stereocenters. The maximum Gasteiger partial charge on any atom is 0.256 e. The second-order valence-electron chi connectivity index (χ2n) is 7.16. The van der Waals surface area contributed by atoms with E-state index in [1.165, 1.54) is 10.9 Å². The van der Waals surface area contributed by atoms with Crippen LogP contribution in [0.4, 0.5) is 5.82 Å². The first kappa shape index (κ1) is 21.2. The van der Waals surface area contributed by atoms with Crippen molar-refractivity contribution in [3.05, 3.63) is 57.3 Å². The van der Waals surface area contributed by atoms with Gasteiger partial charge in [-0.2, -0.15) is 5.10 Å². The van der Waals surface area contributed by atoms with E-state index in [9.17, 15) is 9.59 Å². The van der Waals surface area contributed by atoms with Crippen molar-refractivity contribution in [2.45, 2.75) is 41.2 Å². The maximum atomic E-state index is 12.2. The molecule has 2 N–H and O–H groups in total. The molecule has 0 radical (unpaired) electrons. The fraction of sp³-hybridized carbons (Fsp3) is 0.400. The van der Waals surface area contributed by atoms with Gasteiger partial charge in [0.25, 0.3) is 5.56 Å². The van der Waals surface area contributed by atoms with Crippen LogP contribution >= 0.6 is 0 Å². The van der Waals surface area contributed by atoms with Crippen LogP contribution in [0.25, 0.3) is 5.82 Å². The summed E-state index contributed by atoms with van der Waals surface area (Å²) in [6.45, 7) is 9.97. The van der Waals surface area contributed by atoms with Crippen LogP contribution in [0.5, 0.6) is 0 Å². The summed E-state index contributed by atoms with van der Waals surface area (Å²) in [4.78, 5) is 37.2. The van der Waals surface area contributed by atoms with Gasteiger partial charge in [-0.25, -0.2) is 19.6 Å². The Morgan fingerprint density at radius 3 is 2.53 bits per heavy atom. The molecule has 0 aromatic carbocycles. The normalized spacial score (nSPS) is 10.8. The molecule has 3 aromatic heterocycles. The highest BCUT2D eigenvalue weighted by Crippen LogP contribution is 2.13. The van der Waals surface area contributed by atoms with Gasteiger partial charge >= 0.3 is 0 Å². The smallest absolute Gasteiger partial charge is 0.256 e. The van der Waals surface area contributed by atoms with E-state index in [-0.39, 0.29) is 18.0 Å². The summed E-state index contributed by atoms with van der Waals surface area (Å²) in [7, 11) is 0. The lowest BCUT2D eigenvalue weighted by molar-refractivity contribution is -0.121. The van der Waals surface area contributed by atoms with Gasteiger partial charge in [0.05, 0.1) is 12.0 Å². The number of hydrogen-bond acceptors (Lipinski definition) is 7. The Labute approximate surface area is 174 Å². The zero-order valence-corrected chi connectivity index (χ0v) is 17.9. The Morgan fingerprint density at radius 1 is 1.07 bits per heavy atom. The highest BCUT2D eigenvalue weighted by Gasteiger charge is 2.10. The van der Waals surface area contributed by atoms with E-state index in [2.05, 4.69) is 30.7 Å². The third-order valence-corrected chi connectivity index (χ3v) is 4.63. The Bertz CT molecular complexity index is 1130. The molecular weight excluding hydrogens is 384 g/mol. The number of nitrogens with zero attached hydrogens (tertiary/aromatic N) is 6. The average molecular weight is 410 g/mol. The minimum absolute atomic E-state index is 0.0678. The fourth-order valence-corrected chi connectivity index (χ4v) is 3.00. The SMILES string of the molecule is Cc1cc(C)n(-c2cc(NCCNC(=O)Cn3cnc(C)c(C)c3=O)nc(C)n2)n1. The number of hydrogen-bond donors (Lipinski definition) is 2. The maximum absolute atomic E-state index is 12.2. The molecule has 10 nitrogen and oxygen atoms in total. The first-order valence-electron chi connectivity index (χ1n) is 9.67. The summed E-state index contributed by atoms with van der Waals surface area (Å²) in [5.74, 6) is 1.69. The summed E-state index contributed by atoms with van der Waals surface area (Å²) in [6.07, 6.45) is 1.40. The molecule has 0 bridgehead atoms. The monoisotopic (exact) mass is 410 g/mol. The standard InChI is InChI=1S/C20H26N8O2/c1-12-8-13(2)28(26-12)18-9-17(24-16(5)25-18)21-6-7-22-19(29)10-27-11-23-15(4)14(3)20(27)30/h8-9,11H,6-7,10H2,1-5H3,(H,22,29)(H,21,24,25). The number of nitrogens with one attached hydrogen (secondary N) is 2. The molecule has 3 rings (SSSR count). The molecule has 0 aliphatic carbocycles. The molecule has 1 amide bonds. The summed E-state index contributed by atoms with van der Waals surface area (Å²) < 4.78 is 3.08. The molecule has 0 spiro atoms. The first-order chi connectivity index (χ1) is 14.2. The Kier molecular flexibility index (Phi) is 6.24. The molecule has 0 aliphatic rings. The van der Waals surface area contributed by atoms with E-state index in [1.807, 2.05) is 32.9 Å². The molecule has 0 saturated heterocycles. The van der Waals surface area contributed by atoms with Crippen molar-refractivity contribution in [3.8, 4) is 5.82 Å². The van der Waals surface area contributed by atoms with Crippen molar-refractivity contribution in [1.29, 1.82) is 0 Å². The van der Waals surface area contributed by atoms with Gasteiger partial charge < -0.3 is 10.6 Å². The number of carbonyl (C=O) groups is 1. The van der Waals surface area contributed by atoms with E-state index in [0.29, 0.717) is 41.8 Å². The summed E-state index contributed by atoms with van der Waals surface area (Å²) >= 11 is 0. The molecule has 158 valence electrons. The number of anilines is 1. The highest BCUT2D eigenvalue weighted by molar-refractivity contribution is 5.75. The third kappa shape index (κ3) is 4.88. The number of amides is 1. The van der Waals surface area contributed by atoms with Crippen molar-refractivity contribution < 1.29 is 4.79 Å². The number of aromatic nitrogens is 6. The number of carbonyl (C=O) groups excluding carboxylic acids is 1. The van der Waals surface area contributed by atoms with E-state index in [0.717, 1.165) is 11.4 Å². The Morgan fingerprint density at radius 2 is 1.83 bits per heavy atom. The first-order valence-corrected chi connectivity index (χ1v) is 9.67. The summed E-state index contributed by atoms with van der Waals surface area (Å²) in [5.41, 5.74) is 2.91. The topological polar surface area (TPSA) is 120 Å². The predicted octanol–water partition coefficient (Wildman–Crippen LogP) is 0.989. The van der Waals surface area contributed by atoms with Crippen LogP contribution in [-0.4, -0.2) is 48.3 Å². The Hall–Kier alpha value is -3.56. The lowest BCUT2D eigenvalue weighted by Crippen LogP contribution is -2.35. The lowest BCUT2D eigenvalue weighted by atomic mass is 10.3. The third-order valence-electron chi connectivity index (χ3n) is 4.63. The van der Waals surface area contributed by atoms with Crippen LogP contribution in [0.1, 0.15) is 28.5 Å². The van der Waals surface area contributed by atoms with Gasteiger partial charge in [0.15, 0.2) is 5.82 Å². The minimum Gasteiger partial charge on any atom is -0.368 e. The van der Waals surface area contributed by atoms with Crippen molar-refractivity contribution in [2.24, 2.45) is 0 Å². The van der Waals surface area contributed by atoms with Crippen molar-refractivity contribution in [3.63, 3.8) is 0 Å². The minimum atomic E-state index is -0.258. The molecule has 0 fully saturated rings. The molecule has 30 heavy (non-hydrogen) atoms. The van der Waals surface area contributed by atoms with Crippen LogP contribution in [0.15, 0.2) is 23.3 Å². The predicted molar refractivity (Wildman–Crippen MR) is 113 cm³/mol. The zero-order valence-electron chi connectivity index (χ0n) is 17.9. The summed E-state index contributed by atoms with van der Waals surface area (Å²) in [5, 5.41) is 10.4. The lowest BCUT2D eigenvalue weighted by Gasteiger charge is -2.11. The van der Waals surface area contributed by atoms with Gasteiger partial charge in [-0.1, -0.05) is 0 Å². The van der Waals surface area contributed by atoms with Crippen LogP contribution in [0.2, 0.25) is 0 Å². The van der Waals surface area contributed by atoms with Gasteiger partial charge in [-0.15, -0.1) is 0 Å². The number of rotatable bonds is 7. The molecule has 0 atom stereocenters. The van der Waals surface area contributed by atoms with Gasteiger partial charge in [-0.3, -0.25) is 14.2 Å². The summed E-state index contributed by atoms with van der Waals surface area (Å²) in [6, 6.07) is 3.80. The van der Waals surface area contributed by atoms with Crippen molar-refractivity contribution in [2.75, 3.05) is 18.4 Å². The van der Waals surface area contributed by atoms with Gasteiger partial charge in [0.2, 0.25) is 5.91 Å².